The van der Waals surface area contributed by atoms with Crippen molar-refractivity contribution in [3.8, 4) is 0 Å². The second-order valence-electron chi connectivity index (χ2n) is 4.16. The van der Waals surface area contributed by atoms with Crippen molar-refractivity contribution in [2.45, 2.75) is 24.1 Å². The number of nitrogens with zero attached hydrogens (tertiary/aromatic N) is 1. The second-order valence-corrected chi connectivity index (χ2v) is 7.19. The summed E-state index contributed by atoms with van der Waals surface area (Å²) in [6.45, 7) is 4.04. The van der Waals surface area contributed by atoms with E-state index in [0.29, 0.717) is 0 Å². The topological polar surface area (TPSA) is 83.9 Å². The molecule has 19 heavy (non-hydrogen) atoms. The Balaban J connectivity index is 3.07. The minimum absolute atomic E-state index is 0.0148. The van der Waals surface area contributed by atoms with Crippen LogP contribution in [-0.2, 0) is 14.8 Å². The average molecular weight is 307 g/mol. The number of aromatic carboxylic acids is 1. The smallest absolute Gasteiger partial charge is 0.336 e. The van der Waals surface area contributed by atoms with Gasteiger partial charge in [0.15, 0.2) is 0 Å². The molecule has 0 aliphatic carbocycles. The van der Waals surface area contributed by atoms with E-state index in [9.17, 15) is 13.2 Å². The SMILES string of the molecule is COCCN(C(C)C)S(=O)(=O)c1cc(C(=O)O)cs1. The molecule has 0 unspecified atom stereocenters. The number of methoxy groups -OCH3 is 1. The van der Waals surface area contributed by atoms with Crippen molar-refractivity contribution in [1.82, 2.24) is 4.31 Å². The molecule has 0 aromatic carbocycles. The van der Waals surface area contributed by atoms with E-state index in [1.807, 2.05) is 0 Å². The maximum Gasteiger partial charge on any atom is 0.336 e. The molecular weight excluding hydrogens is 290 g/mol. The Hall–Kier alpha value is -0.960. The van der Waals surface area contributed by atoms with Crippen molar-refractivity contribution in [2.75, 3.05) is 20.3 Å². The van der Waals surface area contributed by atoms with Crippen LogP contribution in [0, 0.1) is 0 Å². The Bertz CT molecular complexity index is 535. The number of thiophene rings is 1. The first-order chi connectivity index (χ1) is 8.80. The summed E-state index contributed by atoms with van der Waals surface area (Å²) < 4.78 is 31.0. The maximum atomic E-state index is 12.4. The number of hydrogen-bond donors (Lipinski definition) is 1. The number of hydrogen-bond acceptors (Lipinski definition) is 5. The van der Waals surface area contributed by atoms with E-state index in [-0.39, 0.29) is 29.0 Å². The fourth-order valence-electron chi connectivity index (χ4n) is 1.52. The molecule has 0 aliphatic rings. The van der Waals surface area contributed by atoms with Crippen LogP contribution < -0.4 is 0 Å². The summed E-state index contributed by atoms with van der Waals surface area (Å²) in [7, 11) is -2.18. The highest BCUT2D eigenvalue weighted by Gasteiger charge is 2.28. The molecule has 0 amide bonds. The Labute approximate surface area is 116 Å². The lowest BCUT2D eigenvalue weighted by Gasteiger charge is -2.24. The van der Waals surface area contributed by atoms with Crippen molar-refractivity contribution < 1.29 is 23.1 Å². The minimum atomic E-state index is -3.68. The highest BCUT2D eigenvalue weighted by atomic mass is 32.2. The lowest BCUT2D eigenvalue weighted by Crippen LogP contribution is -2.38. The molecule has 0 fully saturated rings. The number of carboxylic acid groups (broad SMARTS) is 1. The van der Waals surface area contributed by atoms with E-state index in [0.717, 1.165) is 11.3 Å². The predicted molar refractivity (Wildman–Crippen MR) is 72.2 cm³/mol. The molecular formula is C11H17NO5S2. The molecule has 0 saturated heterocycles. The molecule has 6 nitrogen and oxygen atoms in total. The first-order valence-electron chi connectivity index (χ1n) is 5.63. The Kier molecular flexibility index (Phi) is 5.48. The van der Waals surface area contributed by atoms with Crippen LogP contribution in [0.4, 0.5) is 0 Å². The Morgan fingerprint density at radius 1 is 1.53 bits per heavy atom. The summed E-state index contributed by atoms with van der Waals surface area (Å²) in [4.78, 5) is 10.8. The first kappa shape index (κ1) is 16.1. The summed E-state index contributed by atoms with van der Waals surface area (Å²) in [5, 5.41) is 10.2. The van der Waals surface area contributed by atoms with Crippen molar-refractivity contribution in [1.29, 1.82) is 0 Å². The molecule has 0 aliphatic heterocycles. The number of ether oxygens (including phenoxy) is 1. The molecule has 1 heterocycles. The Morgan fingerprint density at radius 3 is 2.58 bits per heavy atom. The maximum absolute atomic E-state index is 12.4. The third-order valence-electron chi connectivity index (χ3n) is 2.48. The van der Waals surface area contributed by atoms with Crippen LogP contribution >= 0.6 is 11.3 Å². The Morgan fingerprint density at radius 2 is 2.16 bits per heavy atom. The minimum Gasteiger partial charge on any atom is -0.478 e. The molecule has 1 aromatic rings. The quantitative estimate of drug-likeness (QED) is 0.825. The van der Waals surface area contributed by atoms with E-state index in [4.69, 9.17) is 9.84 Å². The fraction of sp³-hybridized carbons (Fsp3) is 0.545. The van der Waals surface area contributed by atoms with Gasteiger partial charge in [-0.2, -0.15) is 4.31 Å². The molecule has 0 spiro atoms. The van der Waals surface area contributed by atoms with Gasteiger partial charge in [-0.05, 0) is 19.9 Å². The van der Waals surface area contributed by atoms with Gasteiger partial charge >= 0.3 is 5.97 Å². The summed E-state index contributed by atoms with van der Waals surface area (Å²) in [6, 6.07) is 0.959. The van der Waals surface area contributed by atoms with Gasteiger partial charge in [-0.3, -0.25) is 0 Å². The van der Waals surface area contributed by atoms with Crippen molar-refractivity contribution >= 4 is 27.3 Å². The molecule has 1 N–H and O–H groups in total. The number of carboxylic acids is 1. The van der Waals surface area contributed by atoms with Crippen LogP contribution in [0.2, 0.25) is 0 Å². The normalized spacial score (nSPS) is 12.3. The highest BCUT2D eigenvalue weighted by molar-refractivity contribution is 7.91. The van der Waals surface area contributed by atoms with E-state index in [2.05, 4.69) is 0 Å². The fourth-order valence-corrected chi connectivity index (χ4v) is 4.42. The second kappa shape index (κ2) is 6.47. The van der Waals surface area contributed by atoms with Gasteiger partial charge < -0.3 is 9.84 Å². The lowest BCUT2D eigenvalue weighted by molar-refractivity contribution is 0.0697. The predicted octanol–water partition coefficient (Wildman–Crippen LogP) is 1.49. The van der Waals surface area contributed by atoms with Crippen LogP contribution in [-0.4, -0.2) is 50.1 Å². The molecule has 108 valence electrons. The zero-order valence-corrected chi connectivity index (χ0v) is 12.6. The van der Waals surface area contributed by atoms with Gasteiger partial charge in [-0.25, -0.2) is 13.2 Å². The zero-order chi connectivity index (χ0) is 14.6. The van der Waals surface area contributed by atoms with Gasteiger partial charge in [0.2, 0.25) is 0 Å². The van der Waals surface area contributed by atoms with Gasteiger partial charge in [-0.15, -0.1) is 11.3 Å². The van der Waals surface area contributed by atoms with E-state index in [1.165, 1.54) is 22.9 Å². The van der Waals surface area contributed by atoms with Gasteiger partial charge in [0, 0.05) is 25.1 Å². The van der Waals surface area contributed by atoms with Crippen LogP contribution in [0.25, 0.3) is 0 Å². The summed E-state index contributed by atoms with van der Waals surface area (Å²) in [5.74, 6) is -1.13. The van der Waals surface area contributed by atoms with Gasteiger partial charge in [0.25, 0.3) is 10.0 Å². The first-order valence-corrected chi connectivity index (χ1v) is 7.95. The standard InChI is InChI=1S/C11H17NO5S2/c1-8(2)12(4-5-17-3)19(15,16)10-6-9(7-18-10)11(13)14/h6-8H,4-5H2,1-3H3,(H,13,14). The number of sulfonamides is 1. The van der Waals surface area contributed by atoms with Gasteiger partial charge in [0.1, 0.15) is 4.21 Å². The monoisotopic (exact) mass is 307 g/mol. The van der Waals surface area contributed by atoms with E-state index < -0.39 is 16.0 Å². The molecule has 1 aromatic heterocycles. The van der Waals surface area contributed by atoms with E-state index >= 15 is 0 Å². The number of rotatable bonds is 7. The molecule has 0 radical (unpaired) electrons. The highest BCUT2D eigenvalue weighted by Crippen LogP contribution is 2.25. The van der Waals surface area contributed by atoms with Gasteiger partial charge in [-0.1, -0.05) is 0 Å². The lowest BCUT2D eigenvalue weighted by atomic mass is 10.4. The molecule has 0 bridgehead atoms. The van der Waals surface area contributed by atoms with Crippen LogP contribution in [0.1, 0.15) is 24.2 Å². The van der Waals surface area contributed by atoms with Gasteiger partial charge in [0.05, 0.1) is 12.2 Å². The largest absolute Gasteiger partial charge is 0.478 e. The summed E-state index contributed by atoms with van der Waals surface area (Å²) in [6.07, 6.45) is 0. The van der Waals surface area contributed by atoms with Crippen molar-refractivity contribution in [3.05, 3.63) is 17.0 Å². The third-order valence-corrected chi connectivity index (χ3v) is 5.97. The van der Waals surface area contributed by atoms with Crippen molar-refractivity contribution in [2.24, 2.45) is 0 Å². The molecule has 0 saturated carbocycles. The average Bonchev–Trinajstić information content (AvgIpc) is 2.78. The molecule has 8 heteroatoms. The molecule has 1 rings (SSSR count). The number of carbonyl (C=O) groups is 1. The van der Waals surface area contributed by atoms with Crippen LogP contribution in [0.5, 0.6) is 0 Å². The van der Waals surface area contributed by atoms with Crippen LogP contribution in [0.15, 0.2) is 15.7 Å². The summed E-state index contributed by atoms with van der Waals surface area (Å²) in [5.41, 5.74) is -0.0148. The van der Waals surface area contributed by atoms with Crippen molar-refractivity contribution in [3.63, 3.8) is 0 Å². The zero-order valence-electron chi connectivity index (χ0n) is 11.0. The third kappa shape index (κ3) is 3.75. The molecule has 0 atom stereocenters. The summed E-state index contributed by atoms with van der Waals surface area (Å²) >= 11 is 0.913. The van der Waals surface area contributed by atoms with E-state index in [1.54, 1.807) is 13.8 Å². The van der Waals surface area contributed by atoms with Crippen LogP contribution in [0.3, 0.4) is 0 Å².